The van der Waals surface area contributed by atoms with E-state index in [0.717, 1.165) is 42.6 Å². The van der Waals surface area contributed by atoms with Crippen LogP contribution in [-0.2, 0) is 4.79 Å². The normalized spacial score (nSPS) is 43.2. The standard InChI is InChI=1S/C27H43NO2/c1-17(2)7-6-8-18(3)21-9-10-22-20-16-25(29)24-15-19(28-30)11-13-27(24,5)23(20)12-14-26(21,22)4/h15,17-18,20-23,30H,6-14,16H2,1-5H3/b28-19+/t18-,20-,21+,22-,23-,26+,27-/m1/s1. The van der Waals surface area contributed by atoms with E-state index >= 15 is 0 Å². The molecule has 0 aliphatic heterocycles. The number of Topliss-reactive ketones (excluding diaryl/α,β-unsaturated/α-hetero) is 1. The lowest BCUT2D eigenvalue weighted by atomic mass is 9.46. The van der Waals surface area contributed by atoms with Crippen molar-refractivity contribution in [3.63, 3.8) is 0 Å². The molecule has 3 fully saturated rings. The summed E-state index contributed by atoms with van der Waals surface area (Å²) >= 11 is 0. The van der Waals surface area contributed by atoms with Crippen molar-refractivity contribution >= 4 is 11.5 Å². The van der Waals surface area contributed by atoms with Crippen LogP contribution in [0.3, 0.4) is 0 Å². The van der Waals surface area contributed by atoms with Crippen LogP contribution in [-0.4, -0.2) is 16.7 Å². The quantitative estimate of drug-likeness (QED) is 0.388. The molecule has 0 aromatic carbocycles. The highest BCUT2D eigenvalue weighted by molar-refractivity contribution is 6.07. The van der Waals surface area contributed by atoms with Gasteiger partial charge in [-0.2, -0.15) is 0 Å². The summed E-state index contributed by atoms with van der Waals surface area (Å²) in [6.45, 7) is 12.1. The van der Waals surface area contributed by atoms with Crippen LogP contribution in [0, 0.1) is 46.3 Å². The lowest BCUT2D eigenvalue weighted by Crippen LogP contribution is -2.53. The first-order valence-corrected chi connectivity index (χ1v) is 12.7. The molecule has 0 spiro atoms. The van der Waals surface area contributed by atoms with Crippen molar-refractivity contribution in [2.75, 3.05) is 0 Å². The molecule has 0 radical (unpaired) electrons. The number of rotatable bonds is 5. The Morgan fingerprint density at radius 3 is 2.57 bits per heavy atom. The van der Waals surface area contributed by atoms with Gasteiger partial charge in [0.25, 0.3) is 0 Å². The maximum atomic E-state index is 13.3. The van der Waals surface area contributed by atoms with Crippen molar-refractivity contribution in [2.45, 2.75) is 98.8 Å². The molecule has 4 aliphatic rings. The van der Waals surface area contributed by atoms with Crippen molar-refractivity contribution in [3.8, 4) is 0 Å². The average Bonchev–Trinajstić information content (AvgIpc) is 3.05. The molecule has 0 unspecified atom stereocenters. The number of nitrogens with zero attached hydrogens (tertiary/aromatic N) is 1. The number of carbonyl (C=O) groups is 1. The fraction of sp³-hybridized carbons (Fsp3) is 0.852. The molecule has 3 heteroatoms. The van der Waals surface area contributed by atoms with E-state index in [2.05, 4.69) is 39.8 Å². The summed E-state index contributed by atoms with van der Waals surface area (Å²) in [5.41, 5.74) is 2.05. The number of hydrogen-bond donors (Lipinski definition) is 1. The Hall–Kier alpha value is -1.12. The monoisotopic (exact) mass is 413 g/mol. The molecule has 0 aromatic rings. The van der Waals surface area contributed by atoms with E-state index in [4.69, 9.17) is 0 Å². The summed E-state index contributed by atoms with van der Waals surface area (Å²) in [7, 11) is 0. The molecule has 0 heterocycles. The highest BCUT2D eigenvalue weighted by Crippen LogP contribution is 2.67. The molecule has 0 aromatic heterocycles. The molecule has 0 amide bonds. The SMILES string of the molecule is CC(C)CCC[C@@H](C)[C@@H]1CC[C@@H]2[C@H]3CC(=O)C4=C/C(=N/O)CC[C@]4(C)[C@@H]3CC[C@]21C. The Bertz CT molecular complexity index is 737. The van der Waals surface area contributed by atoms with Gasteiger partial charge < -0.3 is 5.21 Å². The fourth-order valence-electron chi connectivity index (χ4n) is 8.50. The minimum absolute atomic E-state index is 0.0174. The van der Waals surface area contributed by atoms with E-state index in [-0.39, 0.29) is 5.41 Å². The average molecular weight is 414 g/mol. The van der Waals surface area contributed by atoms with Gasteiger partial charge in [0.1, 0.15) is 0 Å². The van der Waals surface area contributed by atoms with Crippen molar-refractivity contribution in [2.24, 2.45) is 51.5 Å². The van der Waals surface area contributed by atoms with Crippen LogP contribution in [0.25, 0.3) is 0 Å². The number of oxime groups is 1. The van der Waals surface area contributed by atoms with Crippen molar-refractivity contribution in [1.82, 2.24) is 0 Å². The third-order valence-electron chi connectivity index (χ3n) is 10.1. The number of allylic oxidation sites excluding steroid dienone is 2. The second-order valence-electron chi connectivity index (χ2n) is 12.1. The third kappa shape index (κ3) is 3.48. The lowest BCUT2D eigenvalue weighted by molar-refractivity contribution is -0.128. The number of carbonyl (C=O) groups excluding carboxylic acids is 1. The zero-order valence-corrected chi connectivity index (χ0v) is 19.9. The van der Waals surface area contributed by atoms with Gasteiger partial charge in [0.2, 0.25) is 0 Å². The van der Waals surface area contributed by atoms with Gasteiger partial charge in [0.05, 0.1) is 5.71 Å². The predicted octanol–water partition coefficient (Wildman–Crippen LogP) is 7.04. The van der Waals surface area contributed by atoms with Crippen LogP contribution in [0.5, 0.6) is 0 Å². The van der Waals surface area contributed by atoms with Crippen molar-refractivity contribution in [1.29, 1.82) is 0 Å². The number of ketones is 1. The highest BCUT2D eigenvalue weighted by Gasteiger charge is 2.60. The Morgan fingerprint density at radius 2 is 1.87 bits per heavy atom. The molecule has 0 bridgehead atoms. The molecular formula is C27H43NO2. The Kier molecular flexibility index (Phi) is 5.96. The minimum atomic E-state index is -0.0174. The molecule has 0 saturated heterocycles. The molecule has 3 saturated carbocycles. The fourth-order valence-corrected chi connectivity index (χ4v) is 8.50. The maximum absolute atomic E-state index is 13.3. The van der Waals surface area contributed by atoms with E-state index in [1.54, 1.807) is 0 Å². The topological polar surface area (TPSA) is 49.7 Å². The van der Waals surface area contributed by atoms with Gasteiger partial charge in [-0.3, -0.25) is 4.79 Å². The predicted molar refractivity (Wildman–Crippen MR) is 123 cm³/mol. The van der Waals surface area contributed by atoms with Gasteiger partial charge in [-0.15, -0.1) is 0 Å². The Balaban J connectivity index is 1.54. The molecular weight excluding hydrogens is 370 g/mol. The zero-order chi connectivity index (χ0) is 21.7. The number of hydrogen-bond acceptors (Lipinski definition) is 3. The second kappa shape index (κ2) is 8.10. The lowest BCUT2D eigenvalue weighted by Gasteiger charge is -2.58. The zero-order valence-electron chi connectivity index (χ0n) is 19.9. The molecule has 1 N–H and O–H groups in total. The largest absolute Gasteiger partial charge is 0.411 e. The first-order valence-electron chi connectivity index (χ1n) is 12.7. The van der Waals surface area contributed by atoms with Gasteiger partial charge in [0, 0.05) is 12.0 Å². The van der Waals surface area contributed by atoms with E-state index < -0.39 is 0 Å². The molecule has 3 nitrogen and oxygen atoms in total. The van der Waals surface area contributed by atoms with E-state index in [1.165, 1.54) is 44.9 Å². The van der Waals surface area contributed by atoms with Gasteiger partial charge >= 0.3 is 0 Å². The van der Waals surface area contributed by atoms with Crippen LogP contribution in [0.15, 0.2) is 16.8 Å². The minimum Gasteiger partial charge on any atom is -0.411 e. The van der Waals surface area contributed by atoms with E-state index in [1.807, 2.05) is 6.08 Å². The first-order chi connectivity index (χ1) is 14.2. The van der Waals surface area contributed by atoms with Gasteiger partial charge in [0.15, 0.2) is 5.78 Å². The summed E-state index contributed by atoms with van der Waals surface area (Å²) < 4.78 is 0. The molecule has 4 aliphatic carbocycles. The van der Waals surface area contributed by atoms with Gasteiger partial charge in [-0.05, 0) is 90.9 Å². The first kappa shape index (κ1) is 22.1. The van der Waals surface area contributed by atoms with Crippen LogP contribution < -0.4 is 0 Å². The number of fused-ring (bicyclic) bond motifs is 5. The third-order valence-corrected chi connectivity index (χ3v) is 10.1. The summed E-state index contributed by atoms with van der Waals surface area (Å²) in [6, 6.07) is 0. The smallest absolute Gasteiger partial charge is 0.159 e. The summed E-state index contributed by atoms with van der Waals surface area (Å²) in [6.07, 6.45) is 13.8. The molecule has 30 heavy (non-hydrogen) atoms. The van der Waals surface area contributed by atoms with Gasteiger partial charge in [-0.1, -0.05) is 59.0 Å². The maximum Gasteiger partial charge on any atom is 0.159 e. The Morgan fingerprint density at radius 1 is 1.10 bits per heavy atom. The molecule has 168 valence electrons. The van der Waals surface area contributed by atoms with Crippen molar-refractivity contribution in [3.05, 3.63) is 11.6 Å². The van der Waals surface area contributed by atoms with E-state index in [0.29, 0.717) is 34.7 Å². The summed E-state index contributed by atoms with van der Waals surface area (Å²) in [4.78, 5) is 13.3. The Labute approximate surface area is 183 Å². The summed E-state index contributed by atoms with van der Waals surface area (Å²) in [5, 5.41) is 12.7. The van der Waals surface area contributed by atoms with Crippen LogP contribution >= 0.6 is 0 Å². The molecule has 4 rings (SSSR count). The van der Waals surface area contributed by atoms with Gasteiger partial charge in [-0.25, -0.2) is 0 Å². The highest BCUT2D eigenvalue weighted by atomic mass is 16.4. The van der Waals surface area contributed by atoms with Crippen LogP contribution in [0.2, 0.25) is 0 Å². The van der Waals surface area contributed by atoms with Crippen molar-refractivity contribution < 1.29 is 10.0 Å². The molecule has 7 atom stereocenters. The van der Waals surface area contributed by atoms with Crippen LogP contribution in [0.1, 0.15) is 98.8 Å². The van der Waals surface area contributed by atoms with E-state index in [9.17, 15) is 10.0 Å². The second-order valence-corrected chi connectivity index (χ2v) is 12.1. The van der Waals surface area contributed by atoms with Crippen LogP contribution in [0.4, 0.5) is 0 Å². The summed E-state index contributed by atoms with van der Waals surface area (Å²) in [5.74, 6) is 4.66.